The molecule has 2 heterocycles. The molecule has 0 saturated heterocycles. The van der Waals surface area contributed by atoms with Crippen LogP contribution in [0.5, 0.6) is 17.2 Å². The number of ether oxygens (including phenoxy) is 2. The van der Waals surface area contributed by atoms with Crippen LogP contribution in [-0.2, 0) is 21.2 Å². The van der Waals surface area contributed by atoms with Crippen molar-refractivity contribution in [1.29, 1.82) is 0 Å². The van der Waals surface area contributed by atoms with Crippen LogP contribution in [0.25, 0.3) is 0 Å². The Morgan fingerprint density at radius 3 is 2.42 bits per heavy atom. The number of carbonyl (C=O) groups is 1. The van der Waals surface area contributed by atoms with Crippen molar-refractivity contribution in [3.05, 3.63) is 69.6 Å². The first-order chi connectivity index (χ1) is 18.2. The molecular formula is C26H30N4O7S. The SMILES string of the molecule is COc1cc(C)cc(Oc2ccc(S(=O)(=O)N3CCc4[nH]n(C5CCCC5)c(=O)c4[C@@H]3C(=O)NO)cc2)c1. The van der Waals surface area contributed by atoms with Gasteiger partial charge in [0.1, 0.15) is 23.3 Å². The molecule has 1 amide bonds. The number of nitrogens with zero attached hydrogens (tertiary/aromatic N) is 2. The van der Waals surface area contributed by atoms with E-state index in [9.17, 15) is 23.2 Å². The second kappa shape index (κ2) is 10.3. The first kappa shape index (κ1) is 26.0. The van der Waals surface area contributed by atoms with Gasteiger partial charge in [0, 0.05) is 24.7 Å². The summed E-state index contributed by atoms with van der Waals surface area (Å²) in [6.45, 7) is 1.86. The maximum Gasteiger partial charge on any atom is 0.272 e. The lowest BCUT2D eigenvalue weighted by molar-refractivity contribution is -0.133. The van der Waals surface area contributed by atoms with Gasteiger partial charge in [-0.3, -0.25) is 19.9 Å². The van der Waals surface area contributed by atoms with Crippen molar-refractivity contribution >= 4 is 15.9 Å². The average molecular weight is 543 g/mol. The lowest BCUT2D eigenvalue weighted by atomic mass is 10.0. The first-order valence-electron chi connectivity index (χ1n) is 12.5. The molecular weight excluding hydrogens is 512 g/mol. The number of amides is 1. The normalized spacial score (nSPS) is 18.2. The number of fused-ring (bicyclic) bond motifs is 1. The van der Waals surface area contributed by atoms with Crippen molar-refractivity contribution in [2.45, 2.75) is 56.0 Å². The summed E-state index contributed by atoms with van der Waals surface area (Å²) in [6.07, 6.45) is 3.90. The summed E-state index contributed by atoms with van der Waals surface area (Å²) in [5.74, 6) is 0.588. The van der Waals surface area contributed by atoms with Crippen molar-refractivity contribution in [1.82, 2.24) is 19.6 Å². The number of hydroxylamine groups is 1. The highest BCUT2D eigenvalue weighted by Gasteiger charge is 2.44. The summed E-state index contributed by atoms with van der Waals surface area (Å²) < 4.78 is 41.0. The van der Waals surface area contributed by atoms with Crippen LogP contribution < -0.4 is 20.5 Å². The van der Waals surface area contributed by atoms with Crippen LogP contribution in [0.15, 0.2) is 52.2 Å². The number of H-pyrrole nitrogens is 1. The van der Waals surface area contributed by atoms with Gasteiger partial charge in [-0.1, -0.05) is 12.8 Å². The lowest BCUT2D eigenvalue weighted by Gasteiger charge is -2.32. The monoisotopic (exact) mass is 542 g/mol. The van der Waals surface area contributed by atoms with Gasteiger partial charge in [-0.15, -0.1) is 0 Å². The largest absolute Gasteiger partial charge is 0.497 e. The molecule has 1 saturated carbocycles. The van der Waals surface area contributed by atoms with Gasteiger partial charge in [0.25, 0.3) is 11.5 Å². The third-order valence-electron chi connectivity index (χ3n) is 7.15. The molecule has 1 aliphatic heterocycles. The zero-order chi connectivity index (χ0) is 27.0. The Morgan fingerprint density at radius 2 is 1.76 bits per heavy atom. The Kier molecular flexibility index (Phi) is 7.03. The number of rotatable bonds is 7. The van der Waals surface area contributed by atoms with E-state index in [-0.39, 0.29) is 29.5 Å². The van der Waals surface area contributed by atoms with Crippen LogP contribution in [0.3, 0.4) is 0 Å². The zero-order valence-electron chi connectivity index (χ0n) is 21.1. The van der Waals surface area contributed by atoms with E-state index in [4.69, 9.17) is 9.47 Å². The van der Waals surface area contributed by atoms with Gasteiger partial charge in [-0.2, -0.15) is 4.31 Å². The number of benzene rings is 2. The molecule has 2 aliphatic rings. The summed E-state index contributed by atoms with van der Waals surface area (Å²) in [6, 6.07) is 9.68. The van der Waals surface area contributed by atoms with E-state index in [1.165, 1.54) is 28.9 Å². The Labute approximate surface area is 220 Å². The van der Waals surface area contributed by atoms with Crippen LogP contribution >= 0.6 is 0 Å². The van der Waals surface area contributed by atoms with Crippen LogP contribution in [-0.4, -0.2) is 47.3 Å². The number of hydrogen-bond acceptors (Lipinski definition) is 7. The summed E-state index contributed by atoms with van der Waals surface area (Å²) in [5, 5.41) is 12.5. The van der Waals surface area contributed by atoms with Crippen molar-refractivity contribution in [2.75, 3.05) is 13.7 Å². The number of hydrogen-bond donors (Lipinski definition) is 3. The van der Waals surface area contributed by atoms with Crippen molar-refractivity contribution in [2.24, 2.45) is 0 Å². The average Bonchev–Trinajstić information content (AvgIpc) is 3.56. The van der Waals surface area contributed by atoms with Crippen LogP contribution in [0.4, 0.5) is 0 Å². The van der Waals surface area contributed by atoms with Gasteiger partial charge >= 0.3 is 0 Å². The van der Waals surface area contributed by atoms with E-state index in [1.807, 2.05) is 19.1 Å². The topological polar surface area (TPSA) is 143 Å². The number of sulfonamides is 1. The molecule has 202 valence electrons. The second-order valence-electron chi connectivity index (χ2n) is 9.62. The first-order valence-corrected chi connectivity index (χ1v) is 13.9. The minimum Gasteiger partial charge on any atom is -0.497 e. The summed E-state index contributed by atoms with van der Waals surface area (Å²) >= 11 is 0. The molecule has 1 atom stereocenters. The van der Waals surface area contributed by atoms with E-state index < -0.39 is 27.5 Å². The fourth-order valence-electron chi connectivity index (χ4n) is 5.33. The van der Waals surface area contributed by atoms with Gasteiger partial charge in [-0.25, -0.2) is 18.6 Å². The Hall–Kier alpha value is -3.61. The molecule has 0 radical (unpaired) electrons. The second-order valence-corrected chi connectivity index (χ2v) is 11.5. The molecule has 11 nitrogen and oxygen atoms in total. The summed E-state index contributed by atoms with van der Waals surface area (Å²) in [4.78, 5) is 26.1. The highest BCUT2D eigenvalue weighted by atomic mass is 32.2. The van der Waals surface area contributed by atoms with Crippen LogP contribution in [0.2, 0.25) is 0 Å². The molecule has 5 rings (SSSR count). The molecule has 0 bridgehead atoms. The van der Waals surface area contributed by atoms with E-state index in [2.05, 4.69) is 5.10 Å². The molecule has 1 fully saturated rings. The Morgan fingerprint density at radius 1 is 1.08 bits per heavy atom. The van der Waals surface area contributed by atoms with Crippen LogP contribution in [0.1, 0.15) is 54.6 Å². The van der Waals surface area contributed by atoms with Crippen LogP contribution in [0, 0.1) is 6.92 Å². The molecule has 1 aliphatic carbocycles. The minimum absolute atomic E-state index is 0.0168. The standard InChI is InChI=1S/C26H30N4O7S/c1-16-13-19(36-2)15-20(14-16)37-18-7-9-21(10-8-18)38(34,35)29-12-11-22-23(24(29)25(31)28-33)26(32)30(27-22)17-5-3-4-6-17/h7-10,13-15,17,24,27,33H,3-6,11-12H2,1-2H3,(H,28,31)/t24-/m1/s1. The predicted molar refractivity (Wildman–Crippen MR) is 137 cm³/mol. The molecule has 3 N–H and O–H groups in total. The van der Waals surface area contributed by atoms with E-state index in [0.29, 0.717) is 22.9 Å². The number of nitrogens with one attached hydrogen (secondary N) is 2. The zero-order valence-corrected chi connectivity index (χ0v) is 22.0. The third-order valence-corrected chi connectivity index (χ3v) is 9.03. The summed E-state index contributed by atoms with van der Waals surface area (Å²) in [7, 11) is -2.66. The molecule has 2 aromatic carbocycles. The van der Waals surface area contributed by atoms with Gasteiger partial charge in [0.2, 0.25) is 10.0 Å². The number of methoxy groups -OCH3 is 1. The molecule has 0 unspecified atom stereocenters. The lowest BCUT2D eigenvalue weighted by Crippen LogP contribution is -2.48. The molecule has 12 heteroatoms. The van der Waals surface area contributed by atoms with Gasteiger partial charge in [-0.05, 0) is 61.7 Å². The number of carbonyl (C=O) groups excluding carboxylic acids is 1. The summed E-state index contributed by atoms with van der Waals surface area (Å²) in [5.41, 5.74) is 2.61. The van der Waals surface area contributed by atoms with E-state index in [0.717, 1.165) is 35.6 Å². The maximum absolute atomic E-state index is 13.7. The smallest absolute Gasteiger partial charge is 0.272 e. The number of aromatic nitrogens is 2. The van der Waals surface area contributed by atoms with Gasteiger partial charge < -0.3 is 9.47 Å². The van der Waals surface area contributed by atoms with E-state index >= 15 is 0 Å². The quantitative estimate of drug-likeness (QED) is 0.307. The Bertz CT molecular complexity index is 1510. The Balaban J connectivity index is 1.45. The minimum atomic E-state index is -4.22. The fourth-order valence-corrected chi connectivity index (χ4v) is 6.89. The van der Waals surface area contributed by atoms with Crippen molar-refractivity contribution < 1.29 is 27.9 Å². The molecule has 1 aromatic heterocycles. The van der Waals surface area contributed by atoms with E-state index in [1.54, 1.807) is 18.7 Å². The molecule has 3 aromatic rings. The van der Waals surface area contributed by atoms with Crippen molar-refractivity contribution in [3.8, 4) is 17.2 Å². The van der Waals surface area contributed by atoms with Gasteiger partial charge in [0.05, 0.1) is 23.6 Å². The van der Waals surface area contributed by atoms with Gasteiger partial charge in [0.15, 0.2) is 0 Å². The number of aromatic amines is 1. The predicted octanol–water partition coefficient (Wildman–Crippen LogP) is 3.19. The highest BCUT2D eigenvalue weighted by Crippen LogP contribution is 2.35. The third kappa shape index (κ3) is 4.70. The fraction of sp³-hybridized carbons (Fsp3) is 0.385. The number of aryl methyl sites for hydroxylation is 1. The van der Waals surface area contributed by atoms with Crippen molar-refractivity contribution in [3.63, 3.8) is 0 Å². The molecule has 38 heavy (non-hydrogen) atoms. The highest BCUT2D eigenvalue weighted by molar-refractivity contribution is 7.89. The molecule has 0 spiro atoms. The maximum atomic E-state index is 13.7.